The first-order valence-corrected chi connectivity index (χ1v) is 7.07. The maximum atomic E-state index is 11.1. The van der Waals surface area contributed by atoms with E-state index in [1.807, 2.05) is 43.3 Å². The summed E-state index contributed by atoms with van der Waals surface area (Å²) in [6, 6.07) is 11.7. The first kappa shape index (κ1) is 14.5. The van der Waals surface area contributed by atoms with Gasteiger partial charge in [0.05, 0.1) is 12.2 Å². The van der Waals surface area contributed by atoms with E-state index in [-0.39, 0.29) is 5.91 Å². The molecule has 0 bridgehead atoms. The van der Waals surface area contributed by atoms with Crippen LogP contribution in [-0.4, -0.2) is 10.9 Å². The number of amides is 1. The molecule has 0 saturated carbocycles. The minimum absolute atomic E-state index is 0.0628. The summed E-state index contributed by atoms with van der Waals surface area (Å²) in [6.07, 6.45) is 0. The van der Waals surface area contributed by atoms with Crippen molar-refractivity contribution < 1.29 is 4.79 Å². The van der Waals surface area contributed by atoms with Crippen LogP contribution in [0.1, 0.15) is 18.2 Å². The number of hydrogen-bond donors (Lipinski definition) is 2. The molecule has 104 valence electrons. The van der Waals surface area contributed by atoms with Crippen LogP contribution in [-0.2, 0) is 11.3 Å². The number of nitrogens with one attached hydrogen (secondary N) is 2. The van der Waals surface area contributed by atoms with Gasteiger partial charge in [0.1, 0.15) is 4.60 Å². The molecule has 0 aliphatic carbocycles. The molecule has 0 aliphatic heterocycles. The van der Waals surface area contributed by atoms with Crippen molar-refractivity contribution in [1.82, 2.24) is 4.98 Å². The molecule has 5 heteroatoms. The van der Waals surface area contributed by atoms with Crippen molar-refractivity contribution in [2.75, 3.05) is 10.6 Å². The van der Waals surface area contributed by atoms with Gasteiger partial charge in [-0.3, -0.25) is 4.79 Å². The molecule has 0 atom stereocenters. The average molecular weight is 334 g/mol. The van der Waals surface area contributed by atoms with E-state index < -0.39 is 0 Å². The second-order valence-electron chi connectivity index (χ2n) is 4.52. The highest BCUT2D eigenvalue weighted by Crippen LogP contribution is 2.20. The van der Waals surface area contributed by atoms with Gasteiger partial charge in [-0.15, -0.1) is 0 Å². The normalized spacial score (nSPS) is 10.2. The van der Waals surface area contributed by atoms with E-state index in [0.29, 0.717) is 6.54 Å². The van der Waals surface area contributed by atoms with Crippen LogP contribution in [0.3, 0.4) is 0 Å². The first-order valence-electron chi connectivity index (χ1n) is 6.28. The number of benzene rings is 1. The van der Waals surface area contributed by atoms with Crippen molar-refractivity contribution >= 4 is 33.2 Å². The lowest BCUT2D eigenvalue weighted by molar-refractivity contribution is -0.114. The van der Waals surface area contributed by atoms with Crippen LogP contribution in [0, 0.1) is 6.92 Å². The van der Waals surface area contributed by atoms with Crippen LogP contribution < -0.4 is 10.6 Å². The van der Waals surface area contributed by atoms with Crippen LogP contribution in [0.25, 0.3) is 0 Å². The molecule has 1 aromatic carbocycles. The monoisotopic (exact) mass is 333 g/mol. The summed E-state index contributed by atoms with van der Waals surface area (Å²) in [5.41, 5.74) is 3.82. The van der Waals surface area contributed by atoms with Crippen LogP contribution in [0.15, 0.2) is 41.0 Å². The van der Waals surface area contributed by atoms with Crippen molar-refractivity contribution in [1.29, 1.82) is 0 Å². The van der Waals surface area contributed by atoms with Gasteiger partial charge in [-0.05, 0) is 58.7 Å². The highest BCUT2D eigenvalue weighted by molar-refractivity contribution is 9.10. The van der Waals surface area contributed by atoms with Gasteiger partial charge in [0, 0.05) is 18.3 Å². The SMILES string of the molecule is CC(=O)Nc1ccc(NCc2cccc(Br)n2)cc1C. The third-order valence-corrected chi connectivity index (χ3v) is 3.23. The van der Waals surface area contributed by atoms with Crippen LogP contribution in [0.5, 0.6) is 0 Å². The number of nitrogens with zero attached hydrogens (tertiary/aromatic N) is 1. The number of rotatable bonds is 4. The Hall–Kier alpha value is -1.88. The lowest BCUT2D eigenvalue weighted by Crippen LogP contribution is -2.07. The van der Waals surface area contributed by atoms with E-state index in [4.69, 9.17) is 0 Å². The Morgan fingerprint density at radius 1 is 1.30 bits per heavy atom. The van der Waals surface area contributed by atoms with Gasteiger partial charge in [-0.2, -0.15) is 0 Å². The number of anilines is 2. The minimum Gasteiger partial charge on any atom is -0.379 e. The average Bonchev–Trinajstić information content (AvgIpc) is 2.39. The molecule has 1 amide bonds. The van der Waals surface area contributed by atoms with Crippen molar-refractivity contribution in [3.8, 4) is 0 Å². The summed E-state index contributed by atoms with van der Waals surface area (Å²) in [7, 11) is 0. The summed E-state index contributed by atoms with van der Waals surface area (Å²) >= 11 is 3.35. The Morgan fingerprint density at radius 2 is 2.10 bits per heavy atom. The molecule has 20 heavy (non-hydrogen) atoms. The zero-order valence-electron chi connectivity index (χ0n) is 11.4. The third kappa shape index (κ3) is 4.06. The molecular formula is C15H16BrN3O. The number of pyridine rings is 1. The van der Waals surface area contributed by atoms with Gasteiger partial charge in [0.25, 0.3) is 0 Å². The molecular weight excluding hydrogens is 318 g/mol. The Bertz CT molecular complexity index is 628. The second-order valence-corrected chi connectivity index (χ2v) is 5.33. The maximum Gasteiger partial charge on any atom is 0.221 e. The Morgan fingerprint density at radius 3 is 2.75 bits per heavy atom. The number of aromatic nitrogens is 1. The third-order valence-electron chi connectivity index (χ3n) is 2.78. The number of hydrogen-bond acceptors (Lipinski definition) is 3. The molecule has 0 aliphatic rings. The van der Waals surface area contributed by atoms with Gasteiger partial charge in [-0.1, -0.05) is 6.07 Å². The molecule has 0 fully saturated rings. The Labute approximate surface area is 126 Å². The van der Waals surface area contributed by atoms with Crippen molar-refractivity contribution in [2.45, 2.75) is 20.4 Å². The number of halogens is 1. The van der Waals surface area contributed by atoms with E-state index in [2.05, 4.69) is 31.5 Å². The molecule has 0 radical (unpaired) electrons. The summed E-state index contributed by atoms with van der Waals surface area (Å²) in [4.78, 5) is 15.4. The number of aryl methyl sites for hydroxylation is 1. The van der Waals surface area contributed by atoms with Gasteiger partial charge in [0.15, 0.2) is 0 Å². The standard InChI is InChI=1S/C15H16BrN3O/c1-10-8-12(6-7-14(10)18-11(2)20)17-9-13-4-3-5-15(16)19-13/h3-8,17H,9H2,1-2H3,(H,18,20). The van der Waals surface area contributed by atoms with Gasteiger partial charge in [-0.25, -0.2) is 4.98 Å². The summed E-state index contributed by atoms with van der Waals surface area (Å²) in [5, 5.41) is 6.11. The lowest BCUT2D eigenvalue weighted by Gasteiger charge is -2.10. The Balaban J connectivity index is 2.03. The predicted octanol–water partition coefficient (Wildman–Crippen LogP) is 3.72. The molecule has 2 aromatic rings. The van der Waals surface area contributed by atoms with Gasteiger partial charge >= 0.3 is 0 Å². The van der Waals surface area contributed by atoms with E-state index in [1.54, 1.807) is 0 Å². The van der Waals surface area contributed by atoms with E-state index >= 15 is 0 Å². The van der Waals surface area contributed by atoms with Crippen molar-refractivity contribution in [3.05, 3.63) is 52.3 Å². The fourth-order valence-corrected chi connectivity index (χ4v) is 2.23. The molecule has 2 N–H and O–H groups in total. The van der Waals surface area contributed by atoms with Crippen LogP contribution in [0.2, 0.25) is 0 Å². The smallest absolute Gasteiger partial charge is 0.221 e. The van der Waals surface area contributed by atoms with E-state index in [9.17, 15) is 4.79 Å². The van der Waals surface area contributed by atoms with Gasteiger partial charge in [0.2, 0.25) is 5.91 Å². The minimum atomic E-state index is -0.0628. The van der Waals surface area contributed by atoms with Crippen LogP contribution in [0.4, 0.5) is 11.4 Å². The largest absolute Gasteiger partial charge is 0.379 e. The molecule has 4 nitrogen and oxygen atoms in total. The number of carbonyl (C=O) groups excluding carboxylic acids is 1. The molecule has 1 heterocycles. The lowest BCUT2D eigenvalue weighted by atomic mass is 10.1. The van der Waals surface area contributed by atoms with E-state index in [1.165, 1.54) is 6.92 Å². The topological polar surface area (TPSA) is 54.0 Å². The predicted molar refractivity (Wildman–Crippen MR) is 84.7 cm³/mol. The molecule has 2 rings (SSSR count). The summed E-state index contributed by atoms with van der Waals surface area (Å²) < 4.78 is 0.828. The fourth-order valence-electron chi connectivity index (χ4n) is 1.84. The zero-order valence-corrected chi connectivity index (χ0v) is 13.0. The second kappa shape index (κ2) is 6.52. The molecule has 0 spiro atoms. The summed E-state index contributed by atoms with van der Waals surface area (Å²) in [5.74, 6) is -0.0628. The van der Waals surface area contributed by atoms with Crippen molar-refractivity contribution in [2.24, 2.45) is 0 Å². The molecule has 0 unspecified atom stereocenters. The van der Waals surface area contributed by atoms with Gasteiger partial charge < -0.3 is 10.6 Å². The van der Waals surface area contributed by atoms with E-state index in [0.717, 1.165) is 27.2 Å². The maximum absolute atomic E-state index is 11.1. The highest BCUT2D eigenvalue weighted by Gasteiger charge is 2.02. The zero-order chi connectivity index (χ0) is 14.5. The summed E-state index contributed by atoms with van der Waals surface area (Å²) in [6.45, 7) is 4.12. The fraction of sp³-hybridized carbons (Fsp3) is 0.200. The number of carbonyl (C=O) groups is 1. The first-order chi connectivity index (χ1) is 9.54. The molecule has 1 aromatic heterocycles. The van der Waals surface area contributed by atoms with Crippen molar-refractivity contribution in [3.63, 3.8) is 0 Å². The molecule has 0 saturated heterocycles. The Kier molecular flexibility index (Phi) is 4.74. The van der Waals surface area contributed by atoms with Crippen LogP contribution >= 0.6 is 15.9 Å². The highest BCUT2D eigenvalue weighted by atomic mass is 79.9. The quantitative estimate of drug-likeness (QED) is 0.838.